The van der Waals surface area contributed by atoms with E-state index in [2.05, 4.69) is 0 Å². The van der Waals surface area contributed by atoms with Crippen LogP contribution in [-0.2, 0) is 12.0 Å². The van der Waals surface area contributed by atoms with Gasteiger partial charge in [-0.05, 0) is 37.1 Å². The highest BCUT2D eigenvalue weighted by molar-refractivity contribution is 7.16. The van der Waals surface area contributed by atoms with Crippen LogP contribution in [0, 0.1) is 5.82 Å². The minimum Gasteiger partial charge on any atom is -0.321 e. The molecule has 1 aromatic carbocycles. The smallest absolute Gasteiger partial charge is 0.126 e. The summed E-state index contributed by atoms with van der Waals surface area (Å²) in [5, 5.41) is 0. The normalized spacial score (nSPS) is 14.6. The quantitative estimate of drug-likeness (QED) is 0.897. The van der Waals surface area contributed by atoms with Crippen LogP contribution in [-0.4, -0.2) is 0 Å². The van der Waals surface area contributed by atoms with Crippen LogP contribution < -0.4 is 5.73 Å². The summed E-state index contributed by atoms with van der Waals surface area (Å²) in [6.45, 7) is 1.89. The first kappa shape index (κ1) is 12.6. The molecule has 0 aliphatic carbocycles. The number of rotatable bonds is 3. The summed E-state index contributed by atoms with van der Waals surface area (Å²) >= 11 is 7.33. The van der Waals surface area contributed by atoms with Crippen molar-refractivity contribution < 1.29 is 4.39 Å². The lowest BCUT2D eigenvalue weighted by molar-refractivity contribution is 0.484. The topological polar surface area (TPSA) is 26.0 Å². The molecule has 1 heterocycles. The molecule has 17 heavy (non-hydrogen) atoms. The number of hydrogen-bond acceptors (Lipinski definition) is 2. The maximum Gasteiger partial charge on any atom is 0.126 e. The predicted molar refractivity (Wildman–Crippen MR) is 71.0 cm³/mol. The minimum absolute atomic E-state index is 0.216. The Morgan fingerprint density at radius 1 is 1.29 bits per heavy atom. The number of halogens is 2. The molecule has 90 valence electrons. The minimum atomic E-state index is -0.597. The van der Waals surface area contributed by atoms with Crippen LogP contribution in [0.15, 0.2) is 36.4 Å². The van der Waals surface area contributed by atoms with Gasteiger partial charge in [0.25, 0.3) is 0 Å². The summed E-state index contributed by atoms with van der Waals surface area (Å²) in [5.41, 5.74) is 6.27. The van der Waals surface area contributed by atoms with Gasteiger partial charge in [-0.25, -0.2) is 4.39 Å². The Balaban J connectivity index is 2.26. The van der Waals surface area contributed by atoms with Crippen LogP contribution >= 0.6 is 22.9 Å². The number of benzene rings is 1. The van der Waals surface area contributed by atoms with Crippen molar-refractivity contribution in [3.05, 3.63) is 57.0 Å². The van der Waals surface area contributed by atoms with Gasteiger partial charge in [0.15, 0.2) is 0 Å². The average Bonchev–Trinajstić information content (AvgIpc) is 2.69. The maximum absolute atomic E-state index is 13.6. The molecular weight excluding hydrogens is 257 g/mol. The molecule has 0 bridgehead atoms. The van der Waals surface area contributed by atoms with Crippen LogP contribution in [0.2, 0.25) is 4.34 Å². The Kier molecular flexibility index (Phi) is 3.52. The fourth-order valence-corrected chi connectivity index (χ4v) is 2.85. The van der Waals surface area contributed by atoms with Crippen LogP contribution in [0.25, 0.3) is 0 Å². The van der Waals surface area contributed by atoms with Gasteiger partial charge in [-0.1, -0.05) is 29.8 Å². The molecule has 2 aromatic rings. The van der Waals surface area contributed by atoms with Crippen molar-refractivity contribution >= 4 is 22.9 Å². The zero-order chi connectivity index (χ0) is 12.5. The van der Waals surface area contributed by atoms with E-state index in [1.807, 2.05) is 25.1 Å². The highest BCUT2D eigenvalue weighted by Gasteiger charge is 2.24. The monoisotopic (exact) mass is 269 g/mol. The van der Waals surface area contributed by atoms with Gasteiger partial charge >= 0.3 is 0 Å². The van der Waals surface area contributed by atoms with Crippen LogP contribution in [0.4, 0.5) is 4.39 Å². The Morgan fingerprint density at radius 3 is 2.59 bits per heavy atom. The molecule has 1 aromatic heterocycles. The SMILES string of the molecule is CC(N)(Cc1ccccc1F)c1ccc(Cl)s1. The predicted octanol–water partition coefficient (Wildman–Crippen LogP) is 3.96. The van der Waals surface area contributed by atoms with Gasteiger partial charge in [0.1, 0.15) is 5.82 Å². The van der Waals surface area contributed by atoms with E-state index < -0.39 is 5.54 Å². The van der Waals surface area contributed by atoms with Crippen molar-refractivity contribution in [2.75, 3.05) is 0 Å². The lowest BCUT2D eigenvalue weighted by Gasteiger charge is -2.23. The van der Waals surface area contributed by atoms with E-state index in [9.17, 15) is 4.39 Å². The summed E-state index contributed by atoms with van der Waals surface area (Å²) in [6, 6.07) is 10.4. The summed E-state index contributed by atoms with van der Waals surface area (Å²) < 4.78 is 14.3. The molecule has 0 saturated heterocycles. The zero-order valence-electron chi connectivity index (χ0n) is 9.41. The highest BCUT2D eigenvalue weighted by atomic mass is 35.5. The van der Waals surface area contributed by atoms with Crippen molar-refractivity contribution in [3.63, 3.8) is 0 Å². The van der Waals surface area contributed by atoms with Crippen molar-refractivity contribution in [3.8, 4) is 0 Å². The second-order valence-electron chi connectivity index (χ2n) is 4.29. The van der Waals surface area contributed by atoms with E-state index in [0.717, 1.165) is 4.88 Å². The van der Waals surface area contributed by atoms with E-state index in [1.165, 1.54) is 17.4 Å². The molecule has 0 amide bonds. The third-order valence-electron chi connectivity index (χ3n) is 2.65. The Bertz CT molecular complexity index is 522. The third kappa shape index (κ3) is 2.86. The first-order valence-electron chi connectivity index (χ1n) is 5.27. The van der Waals surface area contributed by atoms with Gasteiger partial charge in [0.05, 0.1) is 9.88 Å². The second kappa shape index (κ2) is 4.77. The molecule has 2 rings (SSSR count). The molecule has 0 radical (unpaired) electrons. The average molecular weight is 270 g/mol. The summed E-state index contributed by atoms with van der Waals surface area (Å²) in [6.07, 6.45) is 0.455. The lowest BCUT2D eigenvalue weighted by Crippen LogP contribution is -2.34. The van der Waals surface area contributed by atoms with E-state index in [-0.39, 0.29) is 5.82 Å². The number of nitrogens with two attached hydrogens (primary N) is 1. The molecule has 0 spiro atoms. The van der Waals surface area contributed by atoms with Crippen molar-refractivity contribution in [2.45, 2.75) is 18.9 Å². The van der Waals surface area contributed by atoms with Gasteiger partial charge in [-0.15, -0.1) is 11.3 Å². The first-order valence-corrected chi connectivity index (χ1v) is 6.46. The van der Waals surface area contributed by atoms with Crippen molar-refractivity contribution in [2.24, 2.45) is 5.73 Å². The molecule has 0 aliphatic heterocycles. The largest absolute Gasteiger partial charge is 0.321 e. The Hall–Kier alpha value is -0.900. The zero-order valence-corrected chi connectivity index (χ0v) is 11.0. The standard InChI is InChI=1S/C13H13ClFNS/c1-13(16,11-6-7-12(14)17-11)8-9-4-2-3-5-10(9)15/h2-7H,8,16H2,1H3. The van der Waals surface area contributed by atoms with E-state index in [4.69, 9.17) is 17.3 Å². The van der Waals surface area contributed by atoms with Crippen LogP contribution in [0.1, 0.15) is 17.4 Å². The van der Waals surface area contributed by atoms with Gasteiger partial charge in [-0.2, -0.15) is 0 Å². The Labute approximate surface area is 109 Å². The molecular formula is C13H13ClFNS. The molecule has 0 aliphatic rings. The third-order valence-corrected chi connectivity index (χ3v) is 4.16. The lowest BCUT2D eigenvalue weighted by atomic mass is 9.92. The molecule has 1 unspecified atom stereocenters. The maximum atomic E-state index is 13.6. The highest BCUT2D eigenvalue weighted by Crippen LogP contribution is 2.32. The van der Waals surface area contributed by atoms with E-state index >= 15 is 0 Å². The fraction of sp³-hybridized carbons (Fsp3) is 0.231. The Morgan fingerprint density at radius 2 is 2.00 bits per heavy atom. The molecule has 0 saturated carbocycles. The fourth-order valence-electron chi connectivity index (χ4n) is 1.75. The number of thiophene rings is 1. The first-order chi connectivity index (χ1) is 7.99. The molecule has 2 N–H and O–H groups in total. The molecule has 4 heteroatoms. The van der Waals surface area contributed by atoms with Gasteiger partial charge < -0.3 is 5.73 Å². The van der Waals surface area contributed by atoms with Gasteiger partial charge in [0, 0.05) is 4.88 Å². The molecule has 1 atom stereocenters. The van der Waals surface area contributed by atoms with Gasteiger partial charge in [0.2, 0.25) is 0 Å². The van der Waals surface area contributed by atoms with Gasteiger partial charge in [-0.3, -0.25) is 0 Å². The molecule has 1 nitrogen and oxygen atoms in total. The van der Waals surface area contributed by atoms with Crippen molar-refractivity contribution in [1.82, 2.24) is 0 Å². The van der Waals surface area contributed by atoms with Crippen LogP contribution in [0.3, 0.4) is 0 Å². The number of hydrogen-bond donors (Lipinski definition) is 1. The molecule has 0 fully saturated rings. The summed E-state index contributed by atoms with van der Waals surface area (Å²) in [5.74, 6) is -0.216. The second-order valence-corrected chi connectivity index (χ2v) is 6.00. The summed E-state index contributed by atoms with van der Waals surface area (Å²) in [4.78, 5) is 0.964. The van der Waals surface area contributed by atoms with E-state index in [1.54, 1.807) is 12.1 Å². The summed E-state index contributed by atoms with van der Waals surface area (Å²) in [7, 11) is 0. The van der Waals surface area contributed by atoms with Crippen molar-refractivity contribution in [1.29, 1.82) is 0 Å². The van der Waals surface area contributed by atoms with E-state index in [0.29, 0.717) is 16.3 Å². The van der Waals surface area contributed by atoms with Crippen LogP contribution in [0.5, 0.6) is 0 Å².